The van der Waals surface area contributed by atoms with Crippen molar-refractivity contribution < 1.29 is 10.0 Å². The molecule has 2 N–H and O–H groups in total. The van der Waals surface area contributed by atoms with Crippen LogP contribution >= 0.6 is 11.6 Å². The second kappa shape index (κ2) is 6.27. The molecular weight excluding hydrogens is 248 g/mol. The molecule has 0 unspecified atom stereocenters. The Hall–Kier alpha value is -0.965. The Morgan fingerprint density at radius 1 is 1.11 bits per heavy atom. The molecule has 0 fully saturated rings. The standard InChI is InChI=1S/C13H17BClNO2/c15-12-5-4-6-13-11(12)7-10-16(13)9-3-1-2-8-14(17)18/h4-7,10,17-18H,1-3,8-9H2. The minimum atomic E-state index is -1.17. The van der Waals surface area contributed by atoms with E-state index in [9.17, 15) is 0 Å². The van der Waals surface area contributed by atoms with E-state index in [1.807, 2.05) is 18.2 Å². The van der Waals surface area contributed by atoms with Crippen molar-refractivity contribution in [3.8, 4) is 0 Å². The van der Waals surface area contributed by atoms with Crippen LogP contribution in [0.2, 0.25) is 11.3 Å². The normalized spacial score (nSPS) is 11.1. The van der Waals surface area contributed by atoms with Gasteiger partial charge in [0.25, 0.3) is 0 Å². The topological polar surface area (TPSA) is 45.4 Å². The van der Waals surface area contributed by atoms with E-state index < -0.39 is 7.12 Å². The summed E-state index contributed by atoms with van der Waals surface area (Å²) in [6, 6.07) is 7.97. The van der Waals surface area contributed by atoms with Gasteiger partial charge in [-0.15, -0.1) is 0 Å². The molecule has 0 aliphatic rings. The van der Waals surface area contributed by atoms with E-state index in [1.54, 1.807) is 0 Å². The summed E-state index contributed by atoms with van der Waals surface area (Å²) in [5, 5.41) is 19.4. The van der Waals surface area contributed by atoms with Crippen LogP contribution in [-0.2, 0) is 6.54 Å². The molecule has 0 radical (unpaired) electrons. The SMILES string of the molecule is OB(O)CCCCCn1ccc2c(Cl)cccc21. The lowest BCUT2D eigenvalue weighted by Crippen LogP contribution is -2.09. The predicted octanol–water partition coefficient (Wildman–Crippen LogP) is 2.94. The molecule has 1 aromatic heterocycles. The van der Waals surface area contributed by atoms with Gasteiger partial charge in [-0.1, -0.05) is 30.5 Å². The Morgan fingerprint density at radius 2 is 1.94 bits per heavy atom. The quantitative estimate of drug-likeness (QED) is 0.623. The van der Waals surface area contributed by atoms with Crippen molar-refractivity contribution in [3.63, 3.8) is 0 Å². The fraction of sp³-hybridized carbons (Fsp3) is 0.385. The summed E-state index contributed by atoms with van der Waals surface area (Å²) in [5.74, 6) is 0. The van der Waals surface area contributed by atoms with Gasteiger partial charge in [0.15, 0.2) is 0 Å². The van der Waals surface area contributed by atoms with Gasteiger partial charge in [0.1, 0.15) is 0 Å². The average Bonchev–Trinajstić information content (AvgIpc) is 2.73. The maximum Gasteiger partial charge on any atom is 0.451 e. The monoisotopic (exact) mass is 265 g/mol. The zero-order valence-electron chi connectivity index (χ0n) is 10.2. The summed E-state index contributed by atoms with van der Waals surface area (Å²) >= 11 is 6.12. The highest BCUT2D eigenvalue weighted by atomic mass is 35.5. The Bertz CT molecular complexity index is 513. The average molecular weight is 266 g/mol. The zero-order chi connectivity index (χ0) is 13.0. The van der Waals surface area contributed by atoms with Gasteiger partial charge in [-0.05, 0) is 30.9 Å². The Kier molecular flexibility index (Phi) is 4.69. The molecule has 0 spiro atoms. The lowest BCUT2D eigenvalue weighted by Gasteiger charge is -2.05. The van der Waals surface area contributed by atoms with Gasteiger partial charge in [0.2, 0.25) is 0 Å². The molecule has 0 amide bonds. The minimum absolute atomic E-state index is 0.457. The highest BCUT2D eigenvalue weighted by Crippen LogP contribution is 2.24. The largest absolute Gasteiger partial charge is 0.451 e. The molecule has 0 aliphatic carbocycles. The number of nitrogens with zero attached hydrogens (tertiary/aromatic N) is 1. The first kappa shape index (κ1) is 13.5. The third-order valence-electron chi connectivity index (χ3n) is 3.12. The fourth-order valence-corrected chi connectivity index (χ4v) is 2.40. The molecule has 0 atom stereocenters. The number of aryl methyl sites for hydroxylation is 1. The van der Waals surface area contributed by atoms with E-state index in [-0.39, 0.29) is 0 Å². The van der Waals surface area contributed by atoms with Crippen LogP contribution < -0.4 is 0 Å². The van der Waals surface area contributed by atoms with Crippen molar-refractivity contribution in [2.24, 2.45) is 0 Å². The van der Waals surface area contributed by atoms with Crippen molar-refractivity contribution >= 4 is 29.6 Å². The molecule has 0 aliphatic heterocycles. The molecule has 0 saturated heterocycles. The molecule has 0 bridgehead atoms. The smallest absolute Gasteiger partial charge is 0.427 e. The molecule has 0 saturated carbocycles. The number of aromatic nitrogens is 1. The summed E-state index contributed by atoms with van der Waals surface area (Å²) < 4.78 is 2.19. The van der Waals surface area contributed by atoms with Crippen LogP contribution in [0.4, 0.5) is 0 Å². The fourth-order valence-electron chi connectivity index (χ4n) is 2.17. The predicted molar refractivity (Wildman–Crippen MR) is 75.8 cm³/mol. The van der Waals surface area contributed by atoms with Crippen LogP contribution in [0.15, 0.2) is 30.5 Å². The second-order valence-corrected chi connectivity index (χ2v) is 4.92. The first-order valence-corrected chi connectivity index (χ1v) is 6.66. The van der Waals surface area contributed by atoms with Gasteiger partial charge in [-0.2, -0.15) is 0 Å². The molecule has 1 heterocycles. The van der Waals surface area contributed by atoms with Crippen LogP contribution in [0.5, 0.6) is 0 Å². The van der Waals surface area contributed by atoms with Gasteiger partial charge >= 0.3 is 7.12 Å². The van der Waals surface area contributed by atoms with Gasteiger partial charge in [-0.25, -0.2) is 0 Å². The van der Waals surface area contributed by atoms with Crippen LogP contribution in [0.25, 0.3) is 10.9 Å². The molecule has 3 nitrogen and oxygen atoms in total. The van der Waals surface area contributed by atoms with Crippen molar-refractivity contribution in [2.75, 3.05) is 0 Å². The highest BCUT2D eigenvalue weighted by Gasteiger charge is 2.06. The second-order valence-electron chi connectivity index (χ2n) is 4.51. The van der Waals surface area contributed by atoms with Crippen LogP contribution in [0.1, 0.15) is 19.3 Å². The lowest BCUT2D eigenvalue weighted by molar-refractivity contribution is 0.401. The van der Waals surface area contributed by atoms with Gasteiger partial charge in [-0.3, -0.25) is 0 Å². The molecule has 5 heteroatoms. The van der Waals surface area contributed by atoms with E-state index >= 15 is 0 Å². The third kappa shape index (κ3) is 3.28. The van der Waals surface area contributed by atoms with Crippen LogP contribution in [0.3, 0.4) is 0 Å². The van der Waals surface area contributed by atoms with Gasteiger partial charge in [0, 0.05) is 28.7 Å². The number of rotatable bonds is 6. The lowest BCUT2D eigenvalue weighted by atomic mass is 9.83. The summed E-state index contributed by atoms with van der Waals surface area (Å²) in [7, 11) is -1.17. The van der Waals surface area contributed by atoms with Crippen molar-refractivity contribution in [1.82, 2.24) is 4.57 Å². The van der Waals surface area contributed by atoms with Crippen LogP contribution in [0, 0.1) is 0 Å². The van der Waals surface area contributed by atoms with E-state index in [2.05, 4.69) is 16.8 Å². The van der Waals surface area contributed by atoms with Gasteiger partial charge < -0.3 is 14.6 Å². The molecule has 2 rings (SSSR count). The minimum Gasteiger partial charge on any atom is -0.427 e. The van der Waals surface area contributed by atoms with Crippen LogP contribution in [-0.4, -0.2) is 21.7 Å². The number of hydrogen-bond donors (Lipinski definition) is 2. The zero-order valence-corrected chi connectivity index (χ0v) is 11.0. The van der Waals surface area contributed by atoms with Crippen molar-refractivity contribution in [3.05, 3.63) is 35.5 Å². The number of fused-ring (bicyclic) bond motifs is 1. The number of unbranched alkanes of at least 4 members (excludes halogenated alkanes) is 2. The number of hydrogen-bond acceptors (Lipinski definition) is 2. The van der Waals surface area contributed by atoms with E-state index in [4.69, 9.17) is 21.6 Å². The van der Waals surface area contributed by atoms with E-state index in [1.165, 1.54) is 0 Å². The Morgan fingerprint density at radius 3 is 2.72 bits per heavy atom. The molecule has 96 valence electrons. The number of benzene rings is 1. The third-order valence-corrected chi connectivity index (χ3v) is 3.45. The first-order valence-electron chi connectivity index (χ1n) is 6.28. The summed E-state index contributed by atoms with van der Waals surface area (Å²) in [5.41, 5.74) is 1.16. The molecule has 1 aromatic carbocycles. The molecular formula is C13H17BClNO2. The molecule has 18 heavy (non-hydrogen) atoms. The van der Waals surface area contributed by atoms with Crippen molar-refractivity contribution in [2.45, 2.75) is 32.1 Å². The number of halogens is 1. The summed E-state index contributed by atoms with van der Waals surface area (Å²) in [4.78, 5) is 0. The Balaban J connectivity index is 1.90. The van der Waals surface area contributed by atoms with E-state index in [0.29, 0.717) is 6.32 Å². The van der Waals surface area contributed by atoms with Gasteiger partial charge in [0.05, 0.1) is 0 Å². The maximum atomic E-state index is 8.74. The van der Waals surface area contributed by atoms with E-state index in [0.717, 1.165) is 41.7 Å². The summed E-state index contributed by atoms with van der Waals surface area (Å²) in [6.45, 7) is 0.936. The highest BCUT2D eigenvalue weighted by molar-refractivity contribution is 6.40. The Labute approximate surface area is 112 Å². The maximum absolute atomic E-state index is 8.74. The van der Waals surface area contributed by atoms with Crippen molar-refractivity contribution in [1.29, 1.82) is 0 Å². The summed E-state index contributed by atoms with van der Waals surface area (Å²) in [6.07, 6.45) is 5.38. The first-order chi connectivity index (χ1) is 8.68. The molecule has 2 aromatic rings.